The van der Waals surface area contributed by atoms with E-state index >= 15 is 0 Å². The lowest BCUT2D eigenvalue weighted by molar-refractivity contribution is -0.300. The maximum absolute atomic E-state index is 13.6. The topological polar surface area (TPSA) is 66.4 Å². The van der Waals surface area contributed by atoms with Gasteiger partial charge in [-0.2, -0.15) is 5.01 Å². The van der Waals surface area contributed by atoms with Crippen LogP contribution in [0.3, 0.4) is 0 Å². The number of hydrogen-bond acceptors (Lipinski definition) is 6. The van der Waals surface area contributed by atoms with Gasteiger partial charge in [-0.25, -0.2) is 10.4 Å². The van der Waals surface area contributed by atoms with Crippen molar-refractivity contribution in [3.63, 3.8) is 0 Å². The van der Waals surface area contributed by atoms with Crippen molar-refractivity contribution in [2.24, 2.45) is 5.10 Å². The van der Waals surface area contributed by atoms with E-state index in [-0.39, 0.29) is 11.7 Å². The Balaban J connectivity index is 1.05. The van der Waals surface area contributed by atoms with Gasteiger partial charge >= 0.3 is 0 Å². The first-order chi connectivity index (χ1) is 22.6. The highest BCUT2D eigenvalue weighted by molar-refractivity contribution is 6.36. The number of allylic oxidation sites excluding steroid dienone is 9. The molecule has 1 saturated heterocycles. The van der Waals surface area contributed by atoms with Gasteiger partial charge in [0.2, 0.25) is 0 Å². The fraction of sp³-hybridized carbons (Fsp3) is 0.316. The second-order valence-corrected chi connectivity index (χ2v) is 12.7. The van der Waals surface area contributed by atoms with E-state index in [1.165, 1.54) is 45.7 Å². The Morgan fingerprint density at radius 2 is 1.89 bits per heavy atom. The number of nitrogens with zero attached hydrogens (tertiary/aromatic N) is 3. The molecule has 2 aliphatic heterocycles. The molecule has 2 aromatic carbocycles. The highest BCUT2D eigenvalue weighted by atomic mass is 35.5. The fourth-order valence-corrected chi connectivity index (χ4v) is 7.62. The zero-order chi connectivity index (χ0) is 31.5. The number of halogens is 1. The quantitative estimate of drug-likeness (QED) is 0.179. The summed E-state index contributed by atoms with van der Waals surface area (Å²) < 4.78 is 0. The van der Waals surface area contributed by atoms with Gasteiger partial charge in [0.25, 0.3) is 5.91 Å². The van der Waals surface area contributed by atoms with Gasteiger partial charge in [0.05, 0.1) is 24.4 Å². The first-order valence-electron chi connectivity index (χ1n) is 16.3. The molecule has 1 amide bonds. The van der Waals surface area contributed by atoms with Crippen LogP contribution in [0.5, 0.6) is 0 Å². The highest BCUT2D eigenvalue weighted by Crippen LogP contribution is 2.42. The summed E-state index contributed by atoms with van der Waals surface area (Å²) >= 11 is 7.01. The summed E-state index contributed by atoms with van der Waals surface area (Å²) in [4.78, 5) is 25.9. The minimum absolute atomic E-state index is 0.242. The van der Waals surface area contributed by atoms with Crippen LogP contribution in [0.15, 0.2) is 123 Å². The van der Waals surface area contributed by atoms with Gasteiger partial charge in [-0.15, -0.1) is 10.1 Å². The number of rotatable bonds is 8. The molecule has 0 saturated carbocycles. The van der Waals surface area contributed by atoms with E-state index in [4.69, 9.17) is 21.5 Å². The first kappa shape index (κ1) is 30.5. The lowest BCUT2D eigenvalue weighted by atomic mass is 9.85. The van der Waals surface area contributed by atoms with Crippen molar-refractivity contribution in [3.05, 3.63) is 123 Å². The minimum atomic E-state index is -0.242. The van der Waals surface area contributed by atoms with Gasteiger partial charge < -0.3 is 4.90 Å². The molecule has 0 radical (unpaired) electrons. The Morgan fingerprint density at radius 3 is 2.72 bits per heavy atom. The molecule has 1 N–H and O–H groups in total. The molecule has 1 atom stereocenters. The lowest BCUT2D eigenvalue weighted by Crippen LogP contribution is -2.41. The molecule has 1 fully saturated rings. The van der Waals surface area contributed by atoms with Crippen molar-refractivity contribution < 1.29 is 14.7 Å². The van der Waals surface area contributed by atoms with E-state index in [9.17, 15) is 4.79 Å². The van der Waals surface area contributed by atoms with Crippen LogP contribution >= 0.6 is 11.6 Å². The monoisotopic (exact) mass is 634 g/mol. The van der Waals surface area contributed by atoms with Crippen LogP contribution in [0.1, 0.15) is 63.4 Å². The number of benzene rings is 2. The van der Waals surface area contributed by atoms with Crippen molar-refractivity contribution in [1.82, 2.24) is 5.48 Å². The summed E-state index contributed by atoms with van der Waals surface area (Å²) in [6.07, 6.45) is 20.4. The largest absolute Gasteiger partial charge is 0.364 e. The van der Waals surface area contributed by atoms with Crippen molar-refractivity contribution in [2.75, 3.05) is 23.6 Å². The molecule has 7 nitrogen and oxygen atoms in total. The number of carbonyl (C=O) groups excluding carboxylic acids is 1. The average Bonchev–Trinajstić information content (AvgIpc) is 3.64. The average molecular weight is 635 g/mol. The number of anilines is 2. The van der Waals surface area contributed by atoms with Gasteiger partial charge in [-0.3, -0.25) is 4.79 Å². The van der Waals surface area contributed by atoms with Gasteiger partial charge in [0.1, 0.15) is 0 Å². The summed E-state index contributed by atoms with van der Waals surface area (Å²) in [5.74, 6) is 0.0452. The van der Waals surface area contributed by atoms with E-state index in [2.05, 4.69) is 70.1 Å². The minimum Gasteiger partial charge on any atom is -0.364 e. The highest BCUT2D eigenvalue weighted by Gasteiger charge is 2.37. The van der Waals surface area contributed by atoms with Crippen LogP contribution in [-0.4, -0.2) is 31.4 Å². The molecule has 236 valence electrons. The molecule has 1 unspecified atom stereocenters. The standard InChI is InChI=1S/C38H39ClN4O3/c1-45-46-41-37-35(38(44)43(40-37)31-14-6-3-7-15-31)33-21-20-28(36(33)39)19-17-26-18-22-34-30(24-26)13-9-23-42(34)32-16-8-12-29(25-32)27-10-4-2-5-11-27/h2-4,6-8,10,12,14-16,18,24-25,34H,5,9,11,13,17,19-23H2,1H3,(H,40,41)/b35-33-. The Bertz CT molecular complexity index is 1730. The predicted octanol–water partition coefficient (Wildman–Crippen LogP) is 8.45. The number of nitrogens with one attached hydrogen (secondary N) is 1. The van der Waals surface area contributed by atoms with Gasteiger partial charge in [-0.05, 0) is 104 Å². The second kappa shape index (κ2) is 13.7. The molecule has 0 spiro atoms. The number of piperidine rings is 1. The van der Waals surface area contributed by atoms with Gasteiger partial charge in [0, 0.05) is 17.3 Å². The molecule has 2 heterocycles. The third-order valence-corrected chi connectivity index (χ3v) is 10.0. The summed E-state index contributed by atoms with van der Waals surface area (Å²) in [6.45, 7) is 1.09. The van der Waals surface area contributed by atoms with Crippen molar-refractivity contribution >= 4 is 40.3 Å². The van der Waals surface area contributed by atoms with Gasteiger partial charge in [-0.1, -0.05) is 83.5 Å². The van der Waals surface area contributed by atoms with Crippen molar-refractivity contribution in [3.8, 4) is 0 Å². The molecule has 0 bridgehead atoms. The summed E-state index contributed by atoms with van der Waals surface area (Å²) in [5, 5.41) is 6.53. The number of carbonyl (C=O) groups is 1. The molecule has 8 heteroatoms. The summed E-state index contributed by atoms with van der Waals surface area (Å²) in [6, 6.07) is 18.9. The number of hydrazone groups is 1. The van der Waals surface area contributed by atoms with Crippen molar-refractivity contribution in [1.29, 1.82) is 0 Å². The van der Waals surface area contributed by atoms with Crippen LogP contribution in [-0.2, 0) is 14.7 Å². The van der Waals surface area contributed by atoms with E-state index in [0.29, 0.717) is 28.8 Å². The SMILES string of the molecule is COONC1=NN(c2ccccc2)C(=O)/C1=C1/CCC(CCC2=CCC3C(=C2)CCCN3c2cccc(C3=CC=CCC3)c2)=C1Cl. The first-order valence-corrected chi connectivity index (χ1v) is 16.7. The van der Waals surface area contributed by atoms with Crippen molar-refractivity contribution in [2.45, 2.75) is 63.8 Å². The summed E-state index contributed by atoms with van der Waals surface area (Å²) in [7, 11) is 1.39. The fourth-order valence-electron chi connectivity index (χ4n) is 7.24. The number of hydroxylamine groups is 1. The maximum atomic E-state index is 13.6. The molecule has 46 heavy (non-hydrogen) atoms. The van der Waals surface area contributed by atoms with E-state index in [1.54, 1.807) is 0 Å². The zero-order valence-corrected chi connectivity index (χ0v) is 26.9. The van der Waals surface area contributed by atoms with Crippen LogP contribution in [0.2, 0.25) is 0 Å². The second-order valence-electron chi connectivity index (χ2n) is 12.3. The van der Waals surface area contributed by atoms with Crippen LogP contribution < -0.4 is 15.4 Å². The molecule has 3 aliphatic carbocycles. The van der Waals surface area contributed by atoms with Gasteiger partial charge in [0.15, 0.2) is 5.84 Å². The number of para-hydroxylation sites is 1. The zero-order valence-electron chi connectivity index (χ0n) is 26.2. The Kier molecular flexibility index (Phi) is 9.06. The maximum Gasteiger partial charge on any atom is 0.283 e. The third-order valence-electron chi connectivity index (χ3n) is 9.54. The number of amides is 1. The Hall–Kier alpha value is -4.17. The van der Waals surface area contributed by atoms with E-state index in [1.807, 2.05) is 30.3 Å². The predicted molar refractivity (Wildman–Crippen MR) is 185 cm³/mol. The van der Waals surface area contributed by atoms with Crippen LogP contribution in [0.25, 0.3) is 5.57 Å². The molecular weight excluding hydrogens is 596 g/mol. The van der Waals surface area contributed by atoms with E-state index < -0.39 is 0 Å². The molecule has 5 aliphatic rings. The molecule has 7 rings (SSSR count). The lowest BCUT2D eigenvalue weighted by Gasteiger charge is -2.41. The van der Waals surface area contributed by atoms with Crippen LogP contribution in [0, 0.1) is 0 Å². The normalized spacial score (nSPS) is 22.9. The van der Waals surface area contributed by atoms with Crippen LogP contribution in [0.4, 0.5) is 11.4 Å². The smallest absolute Gasteiger partial charge is 0.283 e. The number of hydrogen-bond donors (Lipinski definition) is 1. The third kappa shape index (κ3) is 6.15. The molecule has 2 aromatic rings. The number of fused-ring (bicyclic) bond motifs is 1. The van der Waals surface area contributed by atoms with E-state index in [0.717, 1.165) is 63.5 Å². The Labute approximate surface area is 275 Å². The Morgan fingerprint density at radius 1 is 1.02 bits per heavy atom. The molecular formula is C38H39ClN4O3. The summed E-state index contributed by atoms with van der Waals surface area (Å²) in [5.41, 5.74) is 12.7. The number of amidine groups is 1. The molecule has 0 aromatic heterocycles.